The number of amides is 1. The number of benzene rings is 2. The first kappa shape index (κ1) is 13.4. The van der Waals surface area contributed by atoms with E-state index in [1.54, 1.807) is 24.3 Å². The van der Waals surface area contributed by atoms with Gasteiger partial charge >= 0.3 is 0 Å². The number of halogens is 1. The van der Waals surface area contributed by atoms with Crippen LogP contribution in [0.2, 0.25) is 5.02 Å². The largest absolute Gasteiger partial charge is 0.489 e. The van der Waals surface area contributed by atoms with Crippen LogP contribution < -0.4 is 10.5 Å². The van der Waals surface area contributed by atoms with Crippen LogP contribution in [-0.4, -0.2) is 5.91 Å². The molecule has 0 bridgehead atoms. The highest BCUT2D eigenvalue weighted by molar-refractivity contribution is 6.30. The van der Waals surface area contributed by atoms with Crippen LogP contribution in [0.4, 0.5) is 0 Å². The summed E-state index contributed by atoms with van der Waals surface area (Å²) in [5.74, 6) is 0.330. The Morgan fingerprint density at radius 1 is 1.21 bits per heavy atom. The standard InChI is InChI=1S/C15H14ClNO2/c1-10-8-11(15(17)18)2-3-12(10)9-19-14-6-4-13(16)5-7-14/h2-8H,9H2,1H3,(H2,17,18). The van der Waals surface area contributed by atoms with Gasteiger partial charge in [0, 0.05) is 10.6 Å². The van der Waals surface area contributed by atoms with Crippen LogP contribution in [-0.2, 0) is 6.61 Å². The third kappa shape index (κ3) is 3.48. The fourth-order valence-electron chi connectivity index (χ4n) is 1.70. The molecule has 0 unspecified atom stereocenters. The molecule has 4 heteroatoms. The van der Waals surface area contributed by atoms with E-state index in [1.165, 1.54) is 0 Å². The zero-order chi connectivity index (χ0) is 13.8. The monoisotopic (exact) mass is 275 g/mol. The zero-order valence-electron chi connectivity index (χ0n) is 10.5. The highest BCUT2D eigenvalue weighted by atomic mass is 35.5. The zero-order valence-corrected chi connectivity index (χ0v) is 11.3. The van der Waals surface area contributed by atoms with Crippen molar-refractivity contribution < 1.29 is 9.53 Å². The number of rotatable bonds is 4. The second kappa shape index (κ2) is 5.76. The van der Waals surface area contributed by atoms with Crippen molar-refractivity contribution in [3.63, 3.8) is 0 Å². The molecule has 0 atom stereocenters. The number of aryl methyl sites for hydroxylation is 1. The number of primary amides is 1. The summed E-state index contributed by atoms with van der Waals surface area (Å²) >= 11 is 5.80. The summed E-state index contributed by atoms with van der Waals surface area (Å²) in [6.45, 7) is 2.36. The molecule has 2 N–H and O–H groups in total. The van der Waals surface area contributed by atoms with Gasteiger partial charge in [0.15, 0.2) is 0 Å². The Balaban J connectivity index is 2.07. The molecule has 0 saturated carbocycles. The molecule has 2 rings (SSSR count). The van der Waals surface area contributed by atoms with Crippen LogP contribution in [0.1, 0.15) is 21.5 Å². The molecule has 2 aromatic carbocycles. The van der Waals surface area contributed by atoms with E-state index in [0.29, 0.717) is 17.2 Å². The molecule has 3 nitrogen and oxygen atoms in total. The van der Waals surface area contributed by atoms with Crippen LogP contribution in [0.5, 0.6) is 5.75 Å². The van der Waals surface area contributed by atoms with Gasteiger partial charge in [-0.15, -0.1) is 0 Å². The Morgan fingerprint density at radius 2 is 1.89 bits per heavy atom. The average molecular weight is 276 g/mol. The van der Waals surface area contributed by atoms with Gasteiger partial charge in [-0.05, 0) is 54.4 Å². The van der Waals surface area contributed by atoms with E-state index in [4.69, 9.17) is 22.1 Å². The van der Waals surface area contributed by atoms with Crippen molar-refractivity contribution in [3.05, 3.63) is 64.2 Å². The molecule has 0 spiro atoms. The van der Waals surface area contributed by atoms with Crippen molar-refractivity contribution in [2.45, 2.75) is 13.5 Å². The summed E-state index contributed by atoms with van der Waals surface area (Å²) in [6, 6.07) is 12.5. The Hall–Kier alpha value is -2.00. The van der Waals surface area contributed by atoms with Gasteiger partial charge in [0.1, 0.15) is 12.4 Å². The van der Waals surface area contributed by atoms with Gasteiger partial charge in [0.05, 0.1) is 0 Å². The molecule has 0 heterocycles. The van der Waals surface area contributed by atoms with Crippen molar-refractivity contribution in [1.82, 2.24) is 0 Å². The van der Waals surface area contributed by atoms with E-state index in [9.17, 15) is 4.79 Å². The number of ether oxygens (including phenoxy) is 1. The number of hydrogen-bond donors (Lipinski definition) is 1. The topological polar surface area (TPSA) is 52.3 Å². The molecule has 0 aliphatic carbocycles. The van der Waals surface area contributed by atoms with Gasteiger partial charge < -0.3 is 10.5 Å². The van der Waals surface area contributed by atoms with Crippen LogP contribution >= 0.6 is 11.6 Å². The molecule has 2 aromatic rings. The molecular formula is C15H14ClNO2. The second-order valence-electron chi connectivity index (χ2n) is 4.25. The van der Waals surface area contributed by atoms with Gasteiger partial charge in [-0.2, -0.15) is 0 Å². The Kier molecular flexibility index (Phi) is 4.07. The maximum atomic E-state index is 11.1. The average Bonchev–Trinajstić information content (AvgIpc) is 2.39. The molecule has 0 radical (unpaired) electrons. The Morgan fingerprint density at radius 3 is 2.47 bits per heavy atom. The summed E-state index contributed by atoms with van der Waals surface area (Å²) in [4.78, 5) is 11.1. The predicted octanol–water partition coefficient (Wildman–Crippen LogP) is 3.33. The van der Waals surface area contributed by atoms with Crippen molar-refractivity contribution >= 4 is 17.5 Å². The van der Waals surface area contributed by atoms with Crippen molar-refractivity contribution in [2.24, 2.45) is 5.73 Å². The number of carbonyl (C=O) groups excluding carboxylic acids is 1. The molecular weight excluding hydrogens is 262 g/mol. The van der Waals surface area contributed by atoms with Gasteiger partial charge in [0.25, 0.3) is 0 Å². The molecule has 19 heavy (non-hydrogen) atoms. The minimum absolute atomic E-state index is 0.423. The van der Waals surface area contributed by atoms with E-state index in [2.05, 4.69) is 0 Å². The highest BCUT2D eigenvalue weighted by Crippen LogP contribution is 2.18. The van der Waals surface area contributed by atoms with Crippen LogP contribution in [0.25, 0.3) is 0 Å². The molecule has 0 aliphatic heterocycles. The fourth-order valence-corrected chi connectivity index (χ4v) is 1.83. The summed E-state index contributed by atoms with van der Waals surface area (Å²) in [7, 11) is 0. The van der Waals surface area contributed by atoms with E-state index in [1.807, 2.05) is 25.1 Å². The number of carbonyl (C=O) groups is 1. The lowest BCUT2D eigenvalue weighted by atomic mass is 10.1. The van der Waals surface area contributed by atoms with Gasteiger partial charge in [-0.25, -0.2) is 0 Å². The Bertz CT molecular complexity index is 594. The number of nitrogens with two attached hydrogens (primary N) is 1. The van der Waals surface area contributed by atoms with Crippen molar-refractivity contribution in [1.29, 1.82) is 0 Å². The first-order chi connectivity index (χ1) is 9.06. The molecule has 0 aromatic heterocycles. The molecule has 0 fully saturated rings. The third-order valence-electron chi connectivity index (χ3n) is 2.84. The van der Waals surface area contributed by atoms with Gasteiger partial charge in [0.2, 0.25) is 5.91 Å². The fraction of sp³-hybridized carbons (Fsp3) is 0.133. The Labute approximate surface area is 117 Å². The lowest BCUT2D eigenvalue weighted by Crippen LogP contribution is -2.11. The molecule has 98 valence electrons. The smallest absolute Gasteiger partial charge is 0.248 e. The molecule has 0 aliphatic rings. The lowest BCUT2D eigenvalue weighted by molar-refractivity contribution is 0.1000. The molecule has 1 amide bonds. The highest BCUT2D eigenvalue weighted by Gasteiger charge is 2.05. The van der Waals surface area contributed by atoms with E-state index < -0.39 is 5.91 Å². The van der Waals surface area contributed by atoms with E-state index >= 15 is 0 Å². The quantitative estimate of drug-likeness (QED) is 0.930. The predicted molar refractivity (Wildman–Crippen MR) is 75.5 cm³/mol. The minimum atomic E-state index is -0.423. The first-order valence-electron chi connectivity index (χ1n) is 5.84. The van der Waals surface area contributed by atoms with E-state index in [-0.39, 0.29) is 0 Å². The summed E-state index contributed by atoms with van der Waals surface area (Å²) in [5.41, 5.74) is 7.73. The normalized spacial score (nSPS) is 10.2. The second-order valence-corrected chi connectivity index (χ2v) is 4.68. The van der Waals surface area contributed by atoms with Crippen molar-refractivity contribution in [2.75, 3.05) is 0 Å². The van der Waals surface area contributed by atoms with Crippen molar-refractivity contribution in [3.8, 4) is 5.75 Å². The summed E-state index contributed by atoms with van der Waals surface area (Å²) in [5, 5.41) is 0.675. The summed E-state index contributed by atoms with van der Waals surface area (Å²) in [6.07, 6.45) is 0. The van der Waals surface area contributed by atoms with Gasteiger partial charge in [-0.3, -0.25) is 4.79 Å². The minimum Gasteiger partial charge on any atom is -0.489 e. The lowest BCUT2D eigenvalue weighted by Gasteiger charge is -2.09. The SMILES string of the molecule is Cc1cc(C(N)=O)ccc1COc1ccc(Cl)cc1. The third-order valence-corrected chi connectivity index (χ3v) is 3.09. The van der Waals surface area contributed by atoms with Gasteiger partial charge in [-0.1, -0.05) is 17.7 Å². The maximum absolute atomic E-state index is 11.1. The molecule has 0 saturated heterocycles. The van der Waals surface area contributed by atoms with E-state index in [0.717, 1.165) is 16.9 Å². The van der Waals surface area contributed by atoms with Crippen LogP contribution in [0.15, 0.2) is 42.5 Å². The van der Waals surface area contributed by atoms with Crippen LogP contribution in [0, 0.1) is 6.92 Å². The summed E-state index contributed by atoms with van der Waals surface area (Å²) < 4.78 is 5.65. The van der Waals surface area contributed by atoms with Crippen LogP contribution in [0.3, 0.4) is 0 Å². The first-order valence-corrected chi connectivity index (χ1v) is 6.22. The number of hydrogen-bond acceptors (Lipinski definition) is 2. The maximum Gasteiger partial charge on any atom is 0.248 e.